The second-order valence-corrected chi connectivity index (χ2v) is 8.22. The number of hydrogen-bond acceptors (Lipinski definition) is 3. The summed E-state index contributed by atoms with van der Waals surface area (Å²) in [5.41, 5.74) is 0.371. The van der Waals surface area contributed by atoms with Crippen LogP contribution < -0.4 is 4.74 Å². The predicted octanol–water partition coefficient (Wildman–Crippen LogP) is 4.13. The number of ether oxygens (including phenoxy) is 1. The summed E-state index contributed by atoms with van der Waals surface area (Å²) in [5, 5.41) is 0. The first-order valence-electron chi connectivity index (χ1n) is 10.8. The molecule has 0 saturated carbocycles. The molecule has 164 valence electrons. The maximum atomic E-state index is 14.0. The lowest BCUT2D eigenvalue weighted by Crippen LogP contribution is -2.42. The van der Waals surface area contributed by atoms with Crippen molar-refractivity contribution in [2.75, 3.05) is 32.8 Å². The van der Waals surface area contributed by atoms with Crippen LogP contribution in [0, 0.1) is 17.6 Å². The Morgan fingerprint density at radius 1 is 0.935 bits per heavy atom. The number of hydrogen-bond donors (Lipinski definition) is 0. The van der Waals surface area contributed by atoms with E-state index in [4.69, 9.17) is 4.74 Å². The first kappa shape index (κ1) is 21.3. The number of benzene rings is 2. The molecule has 2 saturated heterocycles. The van der Waals surface area contributed by atoms with E-state index in [9.17, 15) is 18.4 Å². The van der Waals surface area contributed by atoms with E-state index in [1.165, 1.54) is 0 Å². The molecule has 0 radical (unpaired) electrons. The van der Waals surface area contributed by atoms with Gasteiger partial charge in [0, 0.05) is 37.7 Å². The molecule has 1 atom stereocenters. The molecule has 0 N–H and O–H groups in total. The van der Waals surface area contributed by atoms with Gasteiger partial charge in [0.2, 0.25) is 0 Å². The van der Waals surface area contributed by atoms with Gasteiger partial charge in [-0.25, -0.2) is 8.78 Å². The molecular formula is C24H26F2N2O3. The molecule has 4 rings (SSSR count). The smallest absolute Gasteiger partial charge is 0.256 e. The molecule has 2 heterocycles. The molecule has 2 amide bonds. The van der Waals surface area contributed by atoms with Gasteiger partial charge in [0.25, 0.3) is 11.8 Å². The molecule has 31 heavy (non-hydrogen) atoms. The highest BCUT2D eigenvalue weighted by Crippen LogP contribution is 2.23. The SMILES string of the molecule is O=C(c1cccc(OC[C@H]2CCCN(C(=O)c3cc(F)ccc3F)C2)c1)N1CCCC1. The molecular weight excluding hydrogens is 402 g/mol. The summed E-state index contributed by atoms with van der Waals surface area (Å²) in [5.74, 6) is -1.14. The Balaban J connectivity index is 1.36. The third kappa shape index (κ3) is 5.03. The van der Waals surface area contributed by atoms with E-state index in [2.05, 4.69) is 0 Å². The molecule has 2 aromatic rings. The van der Waals surface area contributed by atoms with Crippen molar-refractivity contribution in [2.24, 2.45) is 5.92 Å². The lowest BCUT2D eigenvalue weighted by Gasteiger charge is -2.32. The van der Waals surface area contributed by atoms with E-state index in [1.54, 1.807) is 17.0 Å². The van der Waals surface area contributed by atoms with Gasteiger partial charge in [-0.3, -0.25) is 9.59 Å². The maximum absolute atomic E-state index is 14.0. The first-order chi connectivity index (χ1) is 15.0. The summed E-state index contributed by atoms with van der Waals surface area (Å²) in [6, 6.07) is 10.1. The molecule has 5 nitrogen and oxygen atoms in total. The summed E-state index contributed by atoms with van der Waals surface area (Å²) in [6.45, 7) is 2.90. The van der Waals surface area contributed by atoms with Gasteiger partial charge in [0.1, 0.15) is 17.4 Å². The molecule has 2 aromatic carbocycles. The van der Waals surface area contributed by atoms with E-state index < -0.39 is 17.5 Å². The predicted molar refractivity (Wildman–Crippen MR) is 112 cm³/mol. The lowest BCUT2D eigenvalue weighted by molar-refractivity contribution is 0.0627. The summed E-state index contributed by atoms with van der Waals surface area (Å²) >= 11 is 0. The normalized spacial score (nSPS) is 18.8. The molecule has 0 aromatic heterocycles. The third-order valence-corrected chi connectivity index (χ3v) is 5.92. The topological polar surface area (TPSA) is 49.9 Å². The van der Waals surface area contributed by atoms with Crippen LogP contribution in [-0.2, 0) is 0 Å². The quantitative estimate of drug-likeness (QED) is 0.720. The summed E-state index contributed by atoms with van der Waals surface area (Å²) in [7, 11) is 0. The largest absolute Gasteiger partial charge is 0.493 e. The van der Waals surface area contributed by atoms with Crippen LogP contribution in [0.4, 0.5) is 8.78 Å². The van der Waals surface area contributed by atoms with Crippen molar-refractivity contribution in [3.63, 3.8) is 0 Å². The summed E-state index contributed by atoms with van der Waals surface area (Å²) in [6.07, 6.45) is 3.72. The fourth-order valence-corrected chi connectivity index (χ4v) is 4.25. The van der Waals surface area contributed by atoms with Gasteiger partial charge in [0.15, 0.2) is 0 Å². The fraction of sp³-hybridized carbons (Fsp3) is 0.417. The zero-order chi connectivity index (χ0) is 21.8. The van der Waals surface area contributed by atoms with Crippen LogP contribution in [-0.4, -0.2) is 54.4 Å². The first-order valence-corrected chi connectivity index (χ1v) is 10.8. The van der Waals surface area contributed by atoms with Gasteiger partial charge in [-0.1, -0.05) is 6.07 Å². The minimum atomic E-state index is -0.718. The Kier molecular flexibility index (Phi) is 6.49. The van der Waals surface area contributed by atoms with E-state index in [-0.39, 0.29) is 17.4 Å². The molecule has 0 bridgehead atoms. The number of nitrogens with zero attached hydrogens (tertiary/aromatic N) is 2. The molecule has 2 aliphatic rings. The Labute approximate surface area is 180 Å². The fourth-order valence-electron chi connectivity index (χ4n) is 4.25. The molecule has 7 heteroatoms. The second-order valence-electron chi connectivity index (χ2n) is 8.22. The van der Waals surface area contributed by atoms with E-state index in [0.717, 1.165) is 57.0 Å². The average molecular weight is 428 g/mol. The minimum Gasteiger partial charge on any atom is -0.493 e. The van der Waals surface area contributed by atoms with Crippen molar-refractivity contribution >= 4 is 11.8 Å². The molecule has 0 unspecified atom stereocenters. The Hall–Kier alpha value is -2.96. The van der Waals surface area contributed by atoms with Crippen LogP contribution in [0.25, 0.3) is 0 Å². The molecule has 0 spiro atoms. The van der Waals surface area contributed by atoms with Gasteiger partial charge in [0.05, 0.1) is 12.2 Å². The Morgan fingerprint density at radius 2 is 1.71 bits per heavy atom. The van der Waals surface area contributed by atoms with E-state index in [0.29, 0.717) is 31.0 Å². The van der Waals surface area contributed by atoms with Crippen LogP contribution in [0.5, 0.6) is 5.75 Å². The van der Waals surface area contributed by atoms with Crippen LogP contribution in [0.1, 0.15) is 46.4 Å². The number of rotatable bonds is 5. The van der Waals surface area contributed by atoms with E-state index in [1.807, 2.05) is 17.0 Å². The van der Waals surface area contributed by atoms with Gasteiger partial charge in [-0.15, -0.1) is 0 Å². The number of piperidine rings is 1. The zero-order valence-electron chi connectivity index (χ0n) is 17.4. The monoisotopic (exact) mass is 428 g/mol. The van der Waals surface area contributed by atoms with Crippen LogP contribution in [0.2, 0.25) is 0 Å². The summed E-state index contributed by atoms with van der Waals surface area (Å²) in [4.78, 5) is 28.7. The molecule has 2 aliphatic heterocycles. The summed E-state index contributed by atoms with van der Waals surface area (Å²) < 4.78 is 33.4. The molecule has 0 aliphatic carbocycles. The minimum absolute atomic E-state index is 0.0227. The van der Waals surface area contributed by atoms with Gasteiger partial charge in [-0.05, 0) is 62.1 Å². The van der Waals surface area contributed by atoms with Gasteiger partial charge >= 0.3 is 0 Å². The van der Waals surface area contributed by atoms with Crippen molar-refractivity contribution in [2.45, 2.75) is 25.7 Å². The van der Waals surface area contributed by atoms with Gasteiger partial charge in [-0.2, -0.15) is 0 Å². The standard InChI is InChI=1S/C24H26F2N2O3/c25-19-8-9-22(26)21(14-19)24(30)28-12-4-5-17(15-28)16-31-20-7-3-6-18(13-20)23(29)27-10-1-2-11-27/h3,6-9,13-14,17H,1-2,4-5,10-12,15-16H2/t17-/m0/s1. The number of carbonyl (C=O) groups is 2. The van der Waals surface area contributed by atoms with Crippen molar-refractivity contribution < 1.29 is 23.1 Å². The number of halogens is 2. The van der Waals surface area contributed by atoms with Crippen molar-refractivity contribution in [3.8, 4) is 5.75 Å². The highest BCUT2D eigenvalue weighted by Gasteiger charge is 2.27. The van der Waals surface area contributed by atoms with Gasteiger partial charge < -0.3 is 14.5 Å². The Bertz CT molecular complexity index is 960. The molecule has 2 fully saturated rings. The van der Waals surface area contributed by atoms with Crippen molar-refractivity contribution in [1.82, 2.24) is 9.80 Å². The lowest BCUT2D eigenvalue weighted by atomic mass is 9.98. The van der Waals surface area contributed by atoms with Crippen LogP contribution >= 0.6 is 0 Å². The van der Waals surface area contributed by atoms with Crippen molar-refractivity contribution in [3.05, 3.63) is 65.2 Å². The zero-order valence-corrected chi connectivity index (χ0v) is 17.4. The van der Waals surface area contributed by atoms with Crippen molar-refractivity contribution in [1.29, 1.82) is 0 Å². The second kappa shape index (κ2) is 9.45. The number of amides is 2. The third-order valence-electron chi connectivity index (χ3n) is 5.92. The Morgan fingerprint density at radius 3 is 2.52 bits per heavy atom. The average Bonchev–Trinajstić information content (AvgIpc) is 3.34. The highest BCUT2D eigenvalue weighted by molar-refractivity contribution is 5.95. The van der Waals surface area contributed by atoms with E-state index >= 15 is 0 Å². The number of likely N-dealkylation sites (tertiary alicyclic amines) is 2. The highest BCUT2D eigenvalue weighted by atomic mass is 19.1. The maximum Gasteiger partial charge on any atom is 0.256 e. The number of carbonyl (C=O) groups excluding carboxylic acids is 2. The van der Waals surface area contributed by atoms with Crippen LogP contribution in [0.3, 0.4) is 0 Å². The van der Waals surface area contributed by atoms with Crippen LogP contribution in [0.15, 0.2) is 42.5 Å².